The van der Waals surface area contributed by atoms with E-state index >= 15 is 0 Å². The second kappa shape index (κ2) is 8.16. The third kappa shape index (κ3) is 4.05. The Morgan fingerprint density at radius 3 is 2.27 bits per heavy atom. The van der Waals surface area contributed by atoms with E-state index in [1.165, 1.54) is 0 Å². The summed E-state index contributed by atoms with van der Waals surface area (Å²) in [6.45, 7) is 5.75. The molecule has 0 unspecified atom stereocenters. The van der Waals surface area contributed by atoms with Gasteiger partial charge in [-0.15, -0.1) is 0 Å². The molecule has 150 valence electrons. The first-order valence-corrected chi connectivity index (χ1v) is 9.61. The van der Waals surface area contributed by atoms with Gasteiger partial charge in [-0.3, -0.25) is 15.6 Å². The van der Waals surface area contributed by atoms with Crippen LogP contribution in [0.5, 0.6) is 0 Å². The molecule has 4 aromatic rings. The SMILES string of the molecule is Cc1cc(C)nc(NNC(=O)c2cn(-c3ccccc3)nc2-c2ccccc2C)n1. The summed E-state index contributed by atoms with van der Waals surface area (Å²) in [7, 11) is 0. The molecule has 2 heterocycles. The van der Waals surface area contributed by atoms with Gasteiger partial charge in [0.1, 0.15) is 5.69 Å². The number of nitrogens with one attached hydrogen (secondary N) is 2. The molecule has 0 saturated heterocycles. The van der Waals surface area contributed by atoms with Gasteiger partial charge in [0.2, 0.25) is 5.95 Å². The van der Waals surface area contributed by atoms with Crippen LogP contribution in [0.3, 0.4) is 0 Å². The standard InChI is InChI=1S/C23H22N6O/c1-15-9-7-8-12-19(15)21-20(14-29(28-21)18-10-5-4-6-11-18)22(30)26-27-23-24-16(2)13-17(3)25-23/h4-14H,1-3H3,(H,26,30)(H,24,25,27). The molecule has 7 heteroatoms. The topological polar surface area (TPSA) is 84.7 Å². The van der Waals surface area contributed by atoms with Crippen molar-refractivity contribution in [3.05, 3.63) is 89.4 Å². The van der Waals surface area contributed by atoms with Gasteiger partial charge in [-0.1, -0.05) is 42.5 Å². The molecular formula is C23H22N6O. The molecule has 0 atom stereocenters. The lowest BCUT2D eigenvalue weighted by atomic mass is 10.0. The number of carbonyl (C=O) groups excluding carboxylic acids is 1. The van der Waals surface area contributed by atoms with E-state index in [0.717, 1.165) is 28.2 Å². The Balaban J connectivity index is 1.69. The fourth-order valence-corrected chi connectivity index (χ4v) is 3.25. The quantitative estimate of drug-likeness (QED) is 0.496. The van der Waals surface area contributed by atoms with Crippen molar-refractivity contribution in [1.82, 2.24) is 25.2 Å². The van der Waals surface area contributed by atoms with E-state index in [0.29, 0.717) is 17.2 Å². The van der Waals surface area contributed by atoms with Crippen molar-refractivity contribution >= 4 is 11.9 Å². The largest absolute Gasteiger partial charge is 0.273 e. The van der Waals surface area contributed by atoms with Crippen molar-refractivity contribution in [2.45, 2.75) is 20.8 Å². The average molecular weight is 398 g/mol. The Hall–Kier alpha value is -4.00. The molecule has 2 aromatic heterocycles. The minimum Gasteiger partial charge on any atom is -0.267 e. The number of para-hydroxylation sites is 1. The number of hydrogen-bond donors (Lipinski definition) is 2. The number of aryl methyl sites for hydroxylation is 3. The van der Waals surface area contributed by atoms with E-state index in [2.05, 4.69) is 20.8 Å². The van der Waals surface area contributed by atoms with Gasteiger partial charge in [-0.25, -0.2) is 14.6 Å². The number of anilines is 1. The van der Waals surface area contributed by atoms with Crippen molar-refractivity contribution in [2.24, 2.45) is 0 Å². The fraction of sp³-hybridized carbons (Fsp3) is 0.130. The fourth-order valence-electron chi connectivity index (χ4n) is 3.25. The Bertz CT molecular complexity index is 1180. The van der Waals surface area contributed by atoms with Gasteiger partial charge in [0, 0.05) is 23.1 Å². The van der Waals surface area contributed by atoms with Crippen molar-refractivity contribution in [3.8, 4) is 16.9 Å². The number of rotatable bonds is 5. The van der Waals surface area contributed by atoms with Crippen LogP contribution in [0.2, 0.25) is 0 Å². The minimum atomic E-state index is -0.321. The molecule has 0 bridgehead atoms. The number of aromatic nitrogens is 4. The maximum atomic E-state index is 13.1. The maximum Gasteiger partial charge on any atom is 0.273 e. The van der Waals surface area contributed by atoms with Crippen LogP contribution in [-0.4, -0.2) is 25.7 Å². The molecule has 0 saturated carbocycles. The molecule has 0 aliphatic heterocycles. The smallest absolute Gasteiger partial charge is 0.267 e. The number of hydrogen-bond acceptors (Lipinski definition) is 5. The van der Waals surface area contributed by atoms with Crippen molar-refractivity contribution < 1.29 is 4.79 Å². The Labute approximate surface area is 174 Å². The summed E-state index contributed by atoms with van der Waals surface area (Å²) in [5.74, 6) is 0.0203. The molecule has 0 aliphatic rings. The molecule has 4 rings (SSSR count). The first-order chi connectivity index (χ1) is 14.5. The summed E-state index contributed by atoms with van der Waals surface area (Å²) in [6, 6.07) is 19.4. The van der Waals surface area contributed by atoms with E-state index in [1.807, 2.05) is 81.4 Å². The van der Waals surface area contributed by atoms with E-state index < -0.39 is 0 Å². The van der Waals surface area contributed by atoms with E-state index in [1.54, 1.807) is 10.9 Å². The predicted octanol–water partition coefficient (Wildman–Crippen LogP) is 4.01. The van der Waals surface area contributed by atoms with Crippen LogP contribution >= 0.6 is 0 Å². The van der Waals surface area contributed by atoms with Gasteiger partial charge in [0.25, 0.3) is 5.91 Å². The maximum absolute atomic E-state index is 13.1. The number of nitrogens with zero attached hydrogens (tertiary/aromatic N) is 4. The van der Waals surface area contributed by atoms with E-state index in [9.17, 15) is 4.79 Å². The Morgan fingerprint density at radius 2 is 1.57 bits per heavy atom. The molecule has 2 N–H and O–H groups in total. The van der Waals surface area contributed by atoms with Crippen LogP contribution in [0.1, 0.15) is 27.3 Å². The van der Waals surface area contributed by atoms with E-state index in [-0.39, 0.29) is 5.91 Å². The number of carbonyl (C=O) groups is 1. The zero-order valence-corrected chi connectivity index (χ0v) is 17.0. The predicted molar refractivity (Wildman–Crippen MR) is 116 cm³/mol. The number of hydrazine groups is 1. The molecule has 30 heavy (non-hydrogen) atoms. The van der Waals surface area contributed by atoms with Gasteiger partial charge < -0.3 is 0 Å². The summed E-state index contributed by atoms with van der Waals surface area (Å²) in [5, 5.41) is 4.71. The summed E-state index contributed by atoms with van der Waals surface area (Å²) in [4.78, 5) is 21.6. The number of benzene rings is 2. The van der Waals surface area contributed by atoms with Gasteiger partial charge in [-0.05, 0) is 44.5 Å². The van der Waals surface area contributed by atoms with Crippen LogP contribution in [0.15, 0.2) is 66.9 Å². The third-order valence-electron chi connectivity index (χ3n) is 4.65. The first-order valence-electron chi connectivity index (χ1n) is 9.61. The van der Waals surface area contributed by atoms with Gasteiger partial charge in [-0.2, -0.15) is 5.10 Å². The molecule has 2 aromatic carbocycles. The average Bonchev–Trinajstić information content (AvgIpc) is 3.18. The highest BCUT2D eigenvalue weighted by molar-refractivity contribution is 6.00. The van der Waals surface area contributed by atoms with Crippen molar-refractivity contribution in [3.63, 3.8) is 0 Å². The molecular weight excluding hydrogens is 376 g/mol. The second-order valence-electron chi connectivity index (χ2n) is 7.04. The van der Waals surface area contributed by atoms with Crippen LogP contribution in [0.4, 0.5) is 5.95 Å². The normalized spacial score (nSPS) is 10.6. The van der Waals surface area contributed by atoms with Crippen molar-refractivity contribution in [2.75, 3.05) is 5.43 Å². The lowest BCUT2D eigenvalue weighted by Gasteiger charge is -2.09. The zero-order valence-electron chi connectivity index (χ0n) is 17.0. The number of amides is 1. The highest BCUT2D eigenvalue weighted by atomic mass is 16.2. The first kappa shape index (κ1) is 19.3. The van der Waals surface area contributed by atoms with E-state index in [4.69, 9.17) is 5.10 Å². The Morgan fingerprint density at radius 1 is 0.900 bits per heavy atom. The molecule has 0 radical (unpaired) electrons. The monoisotopic (exact) mass is 398 g/mol. The summed E-state index contributed by atoms with van der Waals surface area (Å²) in [6.07, 6.45) is 1.73. The third-order valence-corrected chi connectivity index (χ3v) is 4.65. The Kier molecular flexibility index (Phi) is 5.26. The molecule has 0 spiro atoms. The molecule has 1 amide bonds. The highest BCUT2D eigenvalue weighted by Gasteiger charge is 2.20. The summed E-state index contributed by atoms with van der Waals surface area (Å²) < 4.78 is 1.71. The van der Waals surface area contributed by atoms with Gasteiger partial charge >= 0.3 is 0 Å². The van der Waals surface area contributed by atoms with Crippen LogP contribution in [0, 0.1) is 20.8 Å². The zero-order chi connectivity index (χ0) is 21.1. The van der Waals surface area contributed by atoms with Crippen LogP contribution in [-0.2, 0) is 0 Å². The van der Waals surface area contributed by atoms with Gasteiger partial charge in [0.15, 0.2) is 0 Å². The van der Waals surface area contributed by atoms with Crippen molar-refractivity contribution in [1.29, 1.82) is 0 Å². The summed E-state index contributed by atoms with van der Waals surface area (Å²) in [5.41, 5.74) is 11.0. The molecule has 0 aliphatic carbocycles. The van der Waals surface area contributed by atoms with Gasteiger partial charge in [0.05, 0.1) is 11.3 Å². The summed E-state index contributed by atoms with van der Waals surface area (Å²) >= 11 is 0. The minimum absolute atomic E-state index is 0.321. The lowest BCUT2D eigenvalue weighted by molar-refractivity contribution is 0.0963. The second-order valence-corrected chi connectivity index (χ2v) is 7.04. The molecule has 7 nitrogen and oxygen atoms in total. The molecule has 0 fully saturated rings. The lowest BCUT2D eigenvalue weighted by Crippen LogP contribution is -2.30. The van der Waals surface area contributed by atoms with Crippen LogP contribution < -0.4 is 10.9 Å². The highest BCUT2D eigenvalue weighted by Crippen LogP contribution is 2.26. The van der Waals surface area contributed by atoms with Crippen LogP contribution in [0.25, 0.3) is 16.9 Å².